The van der Waals surface area contributed by atoms with Gasteiger partial charge in [-0.1, -0.05) is 12.1 Å². The minimum Gasteiger partial charge on any atom is -0.478 e. The molecule has 0 unspecified atom stereocenters. The fourth-order valence-corrected chi connectivity index (χ4v) is 1.97. The molecule has 29 heavy (non-hydrogen) atoms. The van der Waals surface area contributed by atoms with Gasteiger partial charge >= 0.3 is 11.9 Å². The van der Waals surface area contributed by atoms with Gasteiger partial charge in [0.2, 0.25) is 0 Å². The number of nitrogens with zero attached hydrogens (tertiary/aromatic N) is 2. The first-order valence-electron chi connectivity index (χ1n) is 8.26. The number of carbonyl (C=O) groups excluding carboxylic acids is 1. The van der Waals surface area contributed by atoms with Crippen molar-refractivity contribution >= 4 is 23.4 Å². The maximum atomic E-state index is 11.8. The number of hydrogen-bond acceptors (Lipinski definition) is 7. The summed E-state index contributed by atoms with van der Waals surface area (Å²) in [5.74, 6) is -2.78. The van der Waals surface area contributed by atoms with Crippen molar-refractivity contribution in [2.24, 2.45) is 0 Å². The first-order chi connectivity index (χ1) is 13.8. The molecular formula is C18H19N3O8. The lowest BCUT2D eigenvalue weighted by molar-refractivity contribution is -0.384. The van der Waals surface area contributed by atoms with Crippen LogP contribution >= 0.6 is 0 Å². The zero-order valence-electron chi connectivity index (χ0n) is 15.2. The quantitative estimate of drug-likeness (QED) is 0.175. The van der Waals surface area contributed by atoms with Crippen molar-refractivity contribution in [1.29, 1.82) is 0 Å². The molecule has 0 atom stereocenters. The van der Waals surface area contributed by atoms with Gasteiger partial charge in [-0.3, -0.25) is 14.9 Å². The number of Topliss-reactive ketones (excluding diaryl/α,β-unsaturated/α-hetero) is 1. The normalized spacial score (nSPS) is 10.2. The van der Waals surface area contributed by atoms with Gasteiger partial charge in [-0.05, 0) is 12.8 Å². The summed E-state index contributed by atoms with van der Waals surface area (Å²) in [6.45, 7) is 0.365. The van der Waals surface area contributed by atoms with Crippen molar-refractivity contribution in [2.45, 2.75) is 12.8 Å². The molecule has 2 aromatic rings. The molecule has 2 rings (SSSR count). The third-order valence-corrected chi connectivity index (χ3v) is 3.27. The van der Waals surface area contributed by atoms with E-state index in [0.717, 1.165) is 18.5 Å². The van der Waals surface area contributed by atoms with Crippen LogP contribution in [0.4, 0.5) is 5.69 Å². The number of nitrogens with one attached hydrogen (secondary N) is 1. The van der Waals surface area contributed by atoms with E-state index in [-0.39, 0.29) is 23.6 Å². The summed E-state index contributed by atoms with van der Waals surface area (Å²) in [5.41, 5.74) is 1.21. The predicted molar refractivity (Wildman–Crippen MR) is 99.6 cm³/mol. The average Bonchev–Trinajstić information content (AvgIpc) is 3.20. The molecular weight excluding hydrogens is 386 g/mol. The molecule has 0 aliphatic carbocycles. The van der Waals surface area contributed by atoms with Crippen LogP contribution in [0.15, 0.2) is 48.9 Å². The first kappa shape index (κ1) is 23.2. The summed E-state index contributed by atoms with van der Waals surface area (Å²) in [4.78, 5) is 48.0. The number of hydrogen-bond donors (Lipinski definition) is 3. The number of imidazole rings is 1. The highest BCUT2D eigenvalue weighted by molar-refractivity contribution is 5.97. The van der Waals surface area contributed by atoms with E-state index in [4.69, 9.17) is 14.9 Å². The van der Waals surface area contributed by atoms with E-state index < -0.39 is 16.9 Å². The smallest absolute Gasteiger partial charge is 0.328 e. The summed E-state index contributed by atoms with van der Waals surface area (Å²) in [6.07, 6.45) is 6.04. The minimum absolute atomic E-state index is 0.0792. The molecule has 1 heterocycles. The van der Waals surface area contributed by atoms with E-state index in [1.54, 1.807) is 18.6 Å². The molecule has 0 saturated heterocycles. The van der Waals surface area contributed by atoms with Gasteiger partial charge in [0.25, 0.3) is 5.69 Å². The van der Waals surface area contributed by atoms with E-state index in [0.29, 0.717) is 18.8 Å². The molecule has 154 valence electrons. The Labute approximate surface area is 164 Å². The van der Waals surface area contributed by atoms with Crippen LogP contribution in [0.25, 0.3) is 0 Å². The second-order valence-electron chi connectivity index (χ2n) is 5.47. The summed E-state index contributed by atoms with van der Waals surface area (Å²) in [6, 6.07) is 5.64. The van der Waals surface area contributed by atoms with Crippen LogP contribution in [0.5, 0.6) is 0 Å². The Morgan fingerprint density at radius 2 is 1.90 bits per heavy atom. The average molecular weight is 405 g/mol. The molecule has 11 nitrogen and oxygen atoms in total. The Balaban J connectivity index is 0.000000447. The zero-order valence-corrected chi connectivity index (χ0v) is 15.2. The molecule has 0 aliphatic rings. The van der Waals surface area contributed by atoms with Crippen LogP contribution < -0.4 is 0 Å². The van der Waals surface area contributed by atoms with Gasteiger partial charge in [0.1, 0.15) is 6.61 Å². The Kier molecular flexibility index (Phi) is 10.0. The SMILES string of the molecule is O=C(COCCCc1cnc[nH]1)c1cccc([N+](=O)[O-])c1.O=C(O)/C=C\C(=O)O. The van der Waals surface area contributed by atoms with Crippen LogP contribution in [-0.4, -0.2) is 56.0 Å². The third kappa shape index (κ3) is 10.2. The maximum Gasteiger partial charge on any atom is 0.328 e. The molecule has 1 aromatic carbocycles. The third-order valence-electron chi connectivity index (χ3n) is 3.27. The zero-order chi connectivity index (χ0) is 21.6. The Morgan fingerprint density at radius 3 is 2.45 bits per heavy atom. The predicted octanol–water partition coefficient (Wildman–Crippen LogP) is 1.86. The molecule has 11 heteroatoms. The van der Waals surface area contributed by atoms with Gasteiger partial charge in [0, 0.05) is 48.3 Å². The number of H-pyrrole nitrogens is 1. The summed E-state index contributed by atoms with van der Waals surface area (Å²) < 4.78 is 5.29. The fraction of sp³-hybridized carbons (Fsp3) is 0.222. The van der Waals surface area contributed by atoms with Crippen molar-refractivity contribution in [3.05, 3.63) is 70.3 Å². The number of benzene rings is 1. The first-order valence-corrected chi connectivity index (χ1v) is 8.26. The van der Waals surface area contributed by atoms with Crippen molar-refractivity contribution in [1.82, 2.24) is 9.97 Å². The van der Waals surface area contributed by atoms with Gasteiger partial charge in [-0.2, -0.15) is 0 Å². The number of carbonyl (C=O) groups is 3. The monoisotopic (exact) mass is 405 g/mol. The van der Waals surface area contributed by atoms with Gasteiger partial charge in [-0.15, -0.1) is 0 Å². The lowest BCUT2D eigenvalue weighted by atomic mass is 10.1. The Hall–Kier alpha value is -3.86. The molecule has 0 amide bonds. The van der Waals surface area contributed by atoms with Gasteiger partial charge in [0.15, 0.2) is 5.78 Å². The Morgan fingerprint density at radius 1 is 1.21 bits per heavy atom. The minimum atomic E-state index is -1.26. The van der Waals surface area contributed by atoms with Gasteiger partial charge < -0.3 is 19.9 Å². The topological polar surface area (TPSA) is 173 Å². The van der Waals surface area contributed by atoms with Crippen molar-refractivity contribution in [2.75, 3.05) is 13.2 Å². The van der Waals surface area contributed by atoms with Crippen molar-refractivity contribution in [3.8, 4) is 0 Å². The van der Waals surface area contributed by atoms with E-state index in [9.17, 15) is 24.5 Å². The number of ether oxygens (including phenoxy) is 1. The summed E-state index contributed by atoms with van der Waals surface area (Å²) >= 11 is 0. The van der Waals surface area contributed by atoms with Crippen LogP contribution in [-0.2, 0) is 20.7 Å². The largest absolute Gasteiger partial charge is 0.478 e. The van der Waals surface area contributed by atoms with Crippen molar-refractivity contribution < 1.29 is 34.3 Å². The van der Waals surface area contributed by atoms with E-state index in [1.807, 2.05) is 0 Å². The number of non-ortho nitro benzene ring substituents is 1. The lowest BCUT2D eigenvalue weighted by Crippen LogP contribution is -2.10. The number of ketones is 1. The number of aliphatic carboxylic acids is 2. The lowest BCUT2D eigenvalue weighted by Gasteiger charge is -2.03. The van der Waals surface area contributed by atoms with E-state index >= 15 is 0 Å². The number of nitro groups is 1. The highest BCUT2D eigenvalue weighted by Crippen LogP contribution is 2.13. The molecule has 0 bridgehead atoms. The fourth-order valence-electron chi connectivity index (χ4n) is 1.97. The number of aryl methyl sites for hydroxylation is 1. The summed E-state index contributed by atoms with van der Waals surface area (Å²) in [7, 11) is 0. The molecule has 3 N–H and O–H groups in total. The number of aromatic nitrogens is 2. The number of aromatic amines is 1. The van der Waals surface area contributed by atoms with Crippen molar-refractivity contribution in [3.63, 3.8) is 0 Å². The number of carboxylic acids is 2. The van der Waals surface area contributed by atoms with Gasteiger partial charge in [0.05, 0.1) is 11.3 Å². The summed E-state index contributed by atoms with van der Waals surface area (Å²) in [5, 5.41) is 26.3. The molecule has 0 spiro atoms. The van der Waals surface area contributed by atoms with Crippen LogP contribution in [0.1, 0.15) is 22.5 Å². The van der Waals surface area contributed by atoms with Gasteiger partial charge in [-0.25, -0.2) is 14.6 Å². The number of rotatable bonds is 10. The second-order valence-corrected chi connectivity index (χ2v) is 5.47. The van der Waals surface area contributed by atoms with E-state index in [1.165, 1.54) is 18.2 Å². The van der Waals surface area contributed by atoms with Crippen LogP contribution in [0, 0.1) is 10.1 Å². The molecule has 0 aliphatic heterocycles. The Bertz CT molecular complexity index is 846. The molecule has 0 saturated carbocycles. The van der Waals surface area contributed by atoms with Crippen LogP contribution in [0.2, 0.25) is 0 Å². The number of nitro benzene ring substituents is 1. The maximum absolute atomic E-state index is 11.8. The molecule has 1 aromatic heterocycles. The standard InChI is InChI=1S/C14H15N3O4.C4H4O4/c18-14(11-3-1-5-13(7-11)17(19)20)9-21-6-2-4-12-8-15-10-16-12;5-3(6)1-2-4(7)8/h1,3,5,7-8,10H,2,4,6,9H2,(H,15,16);1-2H,(H,5,6)(H,7,8)/b;2-1-. The number of carboxylic acid groups (broad SMARTS) is 2. The molecule has 0 radical (unpaired) electrons. The molecule has 0 fully saturated rings. The highest BCUT2D eigenvalue weighted by Gasteiger charge is 2.11. The van der Waals surface area contributed by atoms with E-state index in [2.05, 4.69) is 9.97 Å². The van der Waals surface area contributed by atoms with Crippen LogP contribution in [0.3, 0.4) is 0 Å². The second kappa shape index (κ2) is 12.5. The highest BCUT2D eigenvalue weighted by atomic mass is 16.6.